The SMILES string of the molecule is CCOc1cc(-c2nc(-c3cc4ccc(C)cc4nc3OC)no2)cc(OCC)c1OCC. The molecule has 4 aromatic rings. The minimum Gasteiger partial charge on any atom is -0.490 e. The van der Waals surface area contributed by atoms with Crippen LogP contribution in [0.25, 0.3) is 33.7 Å². The molecule has 0 radical (unpaired) electrons. The van der Waals surface area contributed by atoms with Gasteiger partial charge in [0.15, 0.2) is 11.5 Å². The Hall–Kier alpha value is -3.81. The molecule has 0 spiro atoms. The average Bonchev–Trinajstić information content (AvgIpc) is 3.30. The van der Waals surface area contributed by atoms with E-state index in [9.17, 15) is 0 Å². The Morgan fingerprint density at radius 1 is 0.848 bits per heavy atom. The lowest BCUT2D eigenvalue weighted by Gasteiger charge is -2.16. The van der Waals surface area contributed by atoms with Gasteiger partial charge in [0.1, 0.15) is 0 Å². The van der Waals surface area contributed by atoms with Crippen molar-refractivity contribution < 1.29 is 23.5 Å². The number of methoxy groups -OCH3 is 1. The van der Waals surface area contributed by atoms with Gasteiger partial charge in [0.05, 0.1) is 38.0 Å². The summed E-state index contributed by atoms with van der Waals surface area (Å²) in [5.41, 5.74) is 3.27. The lowest BCUT2D eigenvalue weighted by Crippen LogP contribution is -2.03. The molecule has 33 heavy (non-hydrogen) atoms. The number of hydrogen-bond acceptors (Lipinski definition) is 8. The van der Waals surface area contributed by atoms with E-state index in [2.05, 4.69) is 15.1 Å². The van der Waals surface area contributed by atoms with Gasteiger partial charge >= 0.3 is 0 Å². The molecule has 0 unspecified atom stereocenters. The van der Waals surface area contributed by atoms with Crippen LogP contribution in [0.5, 0.6) is 23.1 Å². The maximum atomic E-state index is 5.80. The summed E-state index contributed by atoms with van der Waals surface area (Å²) in [6.07, 6.45) is 0. The van der Waals surface area contributed by atoms with Crippen LogP contribution in [0.3, 0.4) is 0 Å². The summed E-state index contributed by atoms with van der Waals surface area (Å²) >= 11 is 0. The molecule has 4 rings (SSSR count). The van der Waals surface area contributed by atoms with Crippen molar-refractivity contribution >= 4 is 10.9 Å². The lowest BCUT2D eigenvalue weighted by molar-refractivity contribution is 0.261. The molecule has 0 aliphatic heterocycles. The zero-order valence-corrected chi connectivity index (χ0v) is 19.5. The molecule has 0 amide bonds. The van der Waals surface area contributed by atoms with E-state index in [-0.39, 0.29) is 0 Å². The second-order valence-electron chi connectivity index (χ2n) is 7.27. The van der Waals surface area contributed by atoms with Crippen molar-refractivity contribution in [3.05, 3.63) is 42.0 Å². The van der Waals surface area contributed by atoms with E-state index in [1.807, 2.05) is 64.1 Å². The molecule has 0 saturated carbocycles. The van der Waals surface area contributed by atoms with Gasteiger partial charge in [-0.05, 0) is 57.5 Å². The van der Waals surface area contributed by atoms with Crippen LogP contribution >= 0.6 is 0 Å². The van der Waals surface area contributed by atoms with Crippen LogP contribution in [0.15, 0.2) is 40.9 Å². The molecular formula is C25H27N3O5. The van der Waals surface area contributed by atoms with Crippen LogP contribution in [0.4, 0.5) is 0 Å². The largest absolute Gasteiger partial charge is 0.490 e. The fourth-order valence-electron chi connectivity index (χ4n) is 3.54. The summed E-state index contributed by atoms with van der Waals surface area (Å²) in [7, 11) is 1.57. The quantitative estimate of drug-likeness (QED) is 0.333. The predicted octanol–water partition coefficient (Wildman–Crippen LogP) is 5.46. The molecule has 0 saturated heterocycles. The van der Waals surface area contributed by atoms with E-state index < -0.39 is 0 Å². The number of aromatic nitrogens is 3. The Labute approximate surface area is 192 Å². The highest BCUT2D eigenvalue weighted by atomic mass is 16.5. The Morgan fingerprint density at radius 2 is 1.55 bits per heavy atom. The van der Waals surface area contributed by atoms with Crippen molar-refractivity contribution in [2.75, 3.05) is 26.9 Å². The third-order valence-corrected chi connectivity index (χ3v) is 4.95. The highest BCUT2D eigenvalue weighted by Crippen LogP contribution is 2.42. The molecule has 0 aliphatic rings. The van der Waals surface area contributed by atoms with Crippen LogP contribution in [0.2, 0.25) is 0 Å². The molecule has 0 atom stereocenters. The number of hydrogen-bond donors (Lipinski definition) is 0. The zero-order valence-electron chi connectivity index (χ0n) is 19.5. The first-order valence-corrected chi connectivity index (χ1v) is 10.9. The van der Waals surface area contributed by atoms with E-state index in [1.165, 1.54) is 0 Å². The molecule has 2 aromatic carbocycles. The Balaban J connectivity index is 1.79. The van der Waals surface area contributed by atoms with Gasteiger partial charge < -0.3 is 23.5 Å². The minimum atomic E-state index is 0.320. The van der Waals surface area contributed by atoms with Gasteiger partial charge in [-0.25, -0.2) is 4.98 Å². The Bertz CT molecular complexity index is 1240. The summed E-state index contributed by atoms with van der Waals surface area (Å²) in [6.45, 7) is 9.19. The van der Waals surface area contributed by atoms with Crippen molar-refractivity contribution in [1.82, 2.24) is 15.1 Å². The molecule has 8 heteroatoms. The number of nitrogens with zero attached hydrogens (tertiary/aromatic N) is 3. The monoisotopic (exact) mass is 449 g/mol. The zero-order chi connectivity index (χ0) is 23.4. The van der Waals surface area contributed by atoms with Gasteiger partial charge in [0.25, 0.3) is 5.89 Å². The number of ether oxygens (including phenoxy) is 4. The van der Waals surface area contributed by atoms with Crippen molar-refractivity contribution in [3.63, 3.8) is 0 Å². The van der Waals surface area contributed by atoms with E-state index in [0.717, 1.165) is 16.5 Å². The fourth-order valence-corrected chi connectivity index (χ4v) is 3.54. The fraction of sp³-hybridized carbons (Fsp3) is 0.320. The standard InChI is InChI=1S/C25H27N3O5/c1-6-30-20-13-17(14-21(31-7-2)22(20)32-8-3)24-27-23(28-33-24)18-12-16-10-9-15(4)11-19(16)26-25(18)29-5/h9-14H,6-8H2,1-5H3. The van der Waals surface area contributed by atoms with Gasteiger partial charge in [-0.15, -0.1) is 0 Å². The lowest BCUT2D eigenvalue weighted by atomic mass is 10.1. The third kappa shape index (κ3) is 4.55. The van der Waals surface area contributed by atoms with Crippen molar-refractivity contribution in [3.8, 4) is 46.0 Å². The average molecular weight is 450 g/mol. The topological polar surface area (TPSA) is 88.7 Å². The van der Waals surface area contributed by atoms with Crippen LogP contribution in [0.1, 0.15) is 26.3 Å². The maximum absolute atomic E-state index is 5.80. The van der Waals surface area contributed by atoms with Crippen molar-refractivity contribution in [1.29, 1.82) is 0 Å². The summed E-state index contributed by atoms with van der Waals surface area (Å²) in [6, 6.07) is 11.6. The summed E-state index contributed by atoms with van der Waals surface area (Å²) in [4.78, 5) is 9.23. The van der Waals surface area contributed by atoms with E-state index in [1.54, 1.807) is 7.11 Å². The normalized spacial score (nSPS) is 10.9. The number of pyridine rings is 1. The first kappa shape index (κ1) is 22.4. The van der Waals surface area contributed by atoms with Crippen molar-refractivity contribution in [2.24, 2.45) is 0 Å². The first-order valence-electron chi connectivity index (χ1n) is 10.9. The van der Waals surface area contributed by atoms with E-state index in [4.69, 9.17) is 23.5 Å². The summed E-state index contributed by atoms with van der Waals surface area (Å²) in [5, 5.41) is 5.15. The third-order valence-electron chi connectivity index (χ3n) is 4.95. The highest BCUT2D eigenvalue weighted by molar-refractivity contribution is 5.85. The Morgan fingerprint density at radius 3 is 2.18 bits per heavy atom. The molecule has 2 aromatic heterocycles. The second-order valence-corrected chi connectivity index (χ2v) is 7.27. The molecule has 172 valence electrons. The number of benzene rings is 2. The van der Waals surface area contributed by atoms with Crippen LogP contribution in [0, 0.1) is 6.92 Å². The van der Waals surface area contributed by atoms with Gasteiger partial charge in [-0.1, -0.05) is 17.3 Å². The molecule has 0 N–H and O–H groups in total. The molecule has 0 aliphatic carbocycles. The van der Waals surface area contributed by atoms with Gasteiger partial charge in [0, 0.05) is 10.9 Å². The number of fused-ring (bicyclic) bond motifs is 1. The smallest absolute Gasteiger partial charge is 0.258 e. The number of rotatable bonds is 9. The Kier molecular flexibility index (Phi) is 6.63. The molecule has 0 bridgehead atoms. The van der Waals surface area contributed by atoms with Crippen LogP contribution in [-0.2, 0) is 0 Å². The summed E-state index contributed by atoms with van der Waals surface area (Å²) < 4.78 is 28.5. The molecule has 2 heterocycles. The van der Waals surface area contributed by atoms with Gasteiger partial charge in [-0.2, -0.15) is 4.98 Å². The summed E-state index contributed by atoms with van der Waals surface area (Å²) in [5.74, 6) is 2.79. The first-order chi connectivity index (χ1) is 16.1. The van der Waals surface area contributed by atoms with Gasteiger partial charge in [0.2, 0.25) is 17.5 Å². The highest BCUT2D eigenvalue weighted by Gasteiger charge is 2.21. The predicted molar refractivity (Wildman–Crippen MR) is 125 cm³/mol. The minimum absolute atomic E-state index is 0.320. The molecular weight excluding hydrogens is 422 g/mol. The molecule has 0 fully saturated rings. The molecule has 8 nitrogen and oxygen atoms in total. The number of aryl methyl sites for hydroxylation is 1. The van der Waals surface area contributed by atoms with Gasteiger partial charge in [-0.3, -0.25) is 0 Å². The van der Waals surface area contributed by atoms with Crippen molar-refractivity contribution in [2.45, 2.75) is 27.7 Å². The van der Waals surface area contributed by atoms with Crippen LogP contribution in [-0.4, -0.2) is 42.1 Å². The van der Waals surface area contributed by atoms with Crippen LogP contribution < -0.4 is 18.9 Å². The second kappa shape index (κ2) is 9.77. The van der Waals surface area contributed by atoms with E-state index in [0.29, 0.717) is 65.8 Å². The van der Waals surface area contributed by atoms with E-state index >= 15 is 0 Å². The maximum Gasteiger partial charge on any atom is 0.258 e.